The van der Waals surface area contributed by atoms with Crippen LogP contribution in [0, 0.1) is 0 Å². The van der Waals surface area contributed by atoms with Gasteiger partial charge < -0.3 is 24.1 Å². The molecule has 11 heteroatoms. The SMILES string of the molecule is C[C@@H](CO[Si](C)(C)C(C)(C)C)Oc1cc(Oc2ncc(C(=O)N3CCC3)cc2Cl)cc(C(=O)Nc2ccccn2)c1. The van der Waals surface area contributed by atoms with Gasteiger partial charge in [-0.2, -0.15) is 0 Å². The lowest BCUT2D eigenvalue weighted by Gasteiger charge is -2.36. The second-order valence-electron chi connectivity index (χ2n) is 11.6. The largest absolute Gasteiger partial charge is 0.488 e. The Labute approximate surface area is 247 Å². The van der Waals surface area contributed by atoms with Crippen LogP contribution in [0.15, 0.2) is 54.9 Å². The molecule has 1 aliphatic rings. The molecule has 0 saturated carbocycles. The van der Waals surface area contributed by atoms with Gasteiger partial charge in [-0.1, -0.05) is 38.4 Å². The van der Waals surface area contributed by atoms with Gasteiger partial charge in [0, 0.05) is 37.1 Å². The summed E-state index contributed by atoms with van der Waals surface area (Å²) in [5.41, 5.74) is 0.687. The molecule has 9 nitrogen and oxygen atoms in total. The first-order valence-electron chi connectivity index (χ1n) is 13.6. The number of hydrogen-bond donors (Lipinski definition) is 1. The third-order valence-electron chi connectivity index (χ3n) is 7.28. The number of nitrogens with zero attached hydrogens (tertiary/aromatic N) is 3. The Balaban J connectivity index is 1.56. The van der Waals surface area contributed by atoms with Crippen molar-refractivity contribution in [1.82, 2.24) is 14.9 Å². The highest BCUT2D eigenvalue weighted by atomic mass is 35.5. The summed E-state index contributed by atoms with van der Waals surface area (Å²) in [6, 6.07) is 11.7. The number of nitrogens with one attached hydrogen (secondary N) is 1. The maximum atomic E-state index is 13.1. The molecule has 0 unspecified atom stereocenters. The summed E-state index contributed by atoms with van der Waals surface area (Å²) in [7, 11) is -1.97. The molecule has 2 aromatic heterocycles. The van der Waals surface area contributed by atoms with Crippen molar-refractivity contribution < 1.29 is 23.5 Å². The van der Waals surface area contributed by atoms with Gasteiger partial charge in [-0.25, -0.2) is 9.97 Å². The predicted octanol–water partition coefficient (Wildman–Crippen LogP) is 6.81. The Kier molecular flexibility index (Phi) is 9.36. The van der Waals surface area contributed by atoms with Gasteiger partial charge in [0.15, 0.2) is 8.32 Å². The Morgan fingerprint density at radius 2 is 1.80 bits per heavy atom. The van der Waals surface area contributed by atoms with Crippen LogP contribution in [0.25, 0.3) is 0 Å². The zero-order valence-electron chi connectivity index (χ0n) is 24.4. The summed E-state index contributed by atoms with van der Waals surface area (Å²) < 4.78 is 18.5. The van der Waals surface area contributed by atoms with E-state index in [-0.39, 0.29) is 28.0 Å². The fraction of sp³-hybridized carbons (Fsp3) is 0.400. The molecule has 0 bridgehead atoms. The quantitative estimate of drug-likeness (QED) is 0.256. The summed E-state index contributed by atoms with van der Waals surface area (Å²) in [5.74, 6) is 0.723. The molecule has 1 N–H and O–H groups in total. The molecule has 2 amide bonds. The highest BCUT2D eigenvalue weighted by Crippen LogP contribution is 2.37. The highest BCUT2D eigenvalue weighted by molar-refractivity contribution is 6.74. The first-order chi connectivity index (χ1) is 19.3. The van der Waals surface area contributed by atoms with Crippen LogP contribution in [0.1, 0.15) is 54.8 Å². The van der Waals surface area contributed by atoms with E-state index in [1.807, 2.05) is 6.92 Å². The topological polar surface area (TPSA) is 103 Å². The van der Waals surface area contributed by atoms with Gasteiger partial charge in [-0.15, -0.1) is 0 Å². The third kappa shape index (κ3) is 7.84. The van der Waals surface area contributed by atoms with Crippen molar-refractivity contribution in [3.05, 3.63) is 71.0 Å². The molecule has 1 atom stereocenters. The Bertz CT molecular complexity index is 1390. The number of rotatable bonds is 10. The number of amides is 2. The van der Waals surface area contributed by atoms with Crippen molar-refractivity contribution in [2.24, 2.45) is 0 Å². The lowest BCUT2D eigenvalue weighted by atomic mass is 10.1. The summed E-state index contributed by atoms with van der Waals surface area (Å²) in [4.78, 5) is 35.9. The normalized spacial score (nSPS) is 14.2. The summed E-state index contributed by atoms with van der Waals surface area (Å²) in [6.07, 6.45) is 3.73. The van der Waals surface area contributed by atoms with E-state index in [4.69, 9.17) is 25.5 Å². The van der Waals surface area contributed by atoms with Gasteiger partial charge in [0.25, 0.3) is 11.8 Å². The molecular weight excluding hydrogens is 560 g/mol. The van der Waals surface area contributed by atoms with Crippen LogP contribution in [0.5, 0.6) is 17.4 Å². The predicted molar refractivity (Wildman–Crippen MR) is 162 cm³/mol. The second kappa shape index (κ2) is 12.6. The minimum Gasteiger partial charge on any atom is -0.488 e. The summed E-state index contributed by atoms with van der Waals surface area (Å²) in [5, 5.41) is 3.03. The van der Waals surface area contributed by atoms with Crippen LogP contribution in [-0.4, -0.2) is 60.8 Å². The summed E-state index contributed by atoms with van der Waals surface area (Å²) in [6.45, 7) is 14.7. The molecule has 41 heavy (non-hydrogen) atoms. The van der Waals surface area contributed by atoms with E-state index < -0.39 is 14.2 Å². The van der Waals surface area contributed by atoms with Gasteiger partial charge in [-0.05, 0) is 61.8 Å². The number of anilines is 1. The van der Waals surface area contributed by atoms with Crippen molar-refractivity contribution in [2.45, 2.75) is 58.4 Å². The van der Waals surface area contributed by atoms with E-state index in [9.17, 15) is 9.59 Å². The third-order valence-corrected chi connectivity index (χ3v) is 12.1. The molecule has 1 aromatic carbocycles. The van der Waals surface area contributed by atoms with E-state index in [1.165, 1.54) is 6.20 Å². The van der Waals surface area contributed by atoms with Crippen LogP contribution in [-0.2, 0) is 4.43 Å². The van der Waals surface area contributed by atoms with Crippen molar-refractivity contribution in [3.63, 3.8) is 0 Å². The average Bonchev–Trinajstić information content (AvgIpc) is 2.87. The fourth-order valence-corrected chi connectivity index (χ4v) is 4.98. The van der Waals surface area contributed by atoms with Crippen LogP contribution in [0.3, 0.4) is 0 Å². The minimum atomic E-state index is -1.97. The Morgan fingerprint density at radius 3 is 2.41 bits per heavy atom. The number of likely N-dealkylation sites (tertiary alicyclic amines) is 1. The first kappa shape index (κ1) is 30.5. The number of hydrogen-bond acceptors (Lipinski definition) is 7. The molecule has 1 aliphatic heterocycles. The summed E-state index contributed by atoms with van der Waals surface area (Å²) >= 11 is 6.45. The molecule has 0 spiro atoms. The average molecular weight is 597 g/mol. The number of benzene rings is 1. The monoisotopic (exact) mass is 596 g/mol. The van der Waals surface area contributed by atoms with Crippen molar-refractivity contribution in [1.29, 1.82) is 0 Å². The van der Waals surface area contributed by atoms with Crippen LogP contribution in [0.4, 0.5) is 5.82 Å². The minimum absolute atomic E-state index is 0.0683. The molecular formula is C30H37ClN4O5Si. The molecule has 3 heterocycles. The van der Waals surface area contributed by atoms with E-state index in [1.54, 1.807) is 53.6 Å². The molecule has 4 rings (SSSR count). The van der Waals surface area contributed by atoms with Crippen molar-refractivity contribution in [3.8, 4) is 17.4 Å². The van der Waals surface area contributed by atoms with E-state index in [0.717, 1.165) is 19.5 Å². The number of ether oxygens (including phenoxy) is 2. The molecule has 1 saturated heterocycles. The van der Waals surface area contributed by atoms with Gasteiger partial charge in [0.1, 0.15) is 28.4 Å². The smallest absolute Gasteiger partial charge is 0.257 e. The van der Waals surface area contributed by atoms with E-state index in [2.05, 4.69) is 49.1 Å². The second-order valence-corrected chi connectivity index (χ2v) is 16.8. The lowest BCUT2D eigenvalue weighted by molar-refractivity contribution is 0.0651. The van der Waals surface area contributed by atoms with Crippen molar-refractivity contribution >= 4 is 37.6 Å². The lowest BCUT2D eigenvalue weighted by Crippen LogP contribution is -2.43. The fourth-order valence-electron chi connectivity index (χ4n) is 3.69. The van der Waals surface area contributed by atoms with E-state index >= 15 is 0 Å². The van der Waals surface area contributed by atoms with Gasteiger partial charge in [0.05, 0.1) is 12.2 Å². The zero-order chi connectivity index (χ0) is 29.8. The Morgan fingerprint density at radius 1 is 1.07 bits per heavy atom. The number of pyridine rings is 2. The maximum Gasteiger partial charge on any atom is 0.257 e. The first-order valence-corrected chi connectivity index (χ1v) is 16.9. The highest BCUT2D eigenvalue weighted by Gasteiger charge is 2.37. The molecule has 3 aromatic rings. The number of carbonyl (C=O) groups is 2. The molecule has 0 radical (unpaired) electrons. The molecule has 0 aliphatic carbocycles. The van der Waals surface area contributed by atoms with Crippen molar-refractivity contribution in [2.75, 3.05) is 25.0 Å². The van der Waals surface area contributed by atoms with E-state index in [0.29, 0.717) is 35.1 Å². The molecule has 1 fully saturated rings. The van der Waals surface area contributed by atoms with Crippen LogP contribution < -0.4 is 14.8 Å². The van der Waals surface area contributed by atoms with Gasteiger partial charge in [0.2, 0.25) is 5.88 Å². The number of halogens is 1. The zero-order valence-corrected chi connectivity index (χ0v) is 26.1. The number of carbonyl (C=O) groups excluding carboxylic acids is 2. The van der Waals surface area contributed by atoms with Gasteiger partial charge in [-0.3, -0.25) is 9.59 Å². The van der Waals surface area contributed by atoms with Crippen LogP contribution >= 0.6 is 11.6 Å². The number of aromatic nitrogens is 2. The standard InChI is InChI=1S/C30H37ClN4O5Si/c1-20(19-38-41(5,6)30(2,3)4)39-23-14-21(27(36)34-26-10-7-8-11-32-26)15-24(17-23)40-28-25(31)16-22(18-33-28)29(37)35-12-9-13-35/h7-8,10-11,14-18,20H,9,12-13,19H2,1-6H3,(H,32,34,36)/t20-/m0/s1. The van der Waals surface area contributed by atoms with Crippen LogP contribution in [0.2, 0.25) is 23.2 Å². The molecule has 218 valence electrons. The maximum absolute atomic E-state index is 13.1. The van der Waals surface area contributed by atoms with Gasteiger partial charge >= 0.3 is 0 Å². The Hall–Kier alpha value is -3.47.